The second-order valence-electron chi connectivity index (χ2n) is 4.55. The highest BCUT2D eigenvalue weighted by Crippen LogP contribution is 2.26. The molecule has 0 aliphatic carbocycles. The normalized spacial score (nSPS) is 13.2. The molecule has 0 saturated carbocycles. The summed E-state index contributed by atoms with van der Waals surface area (Å²) in [4.78, 5) is 2.11. The Hall–Kier alpha value is -0.0400. The van der Waals surface area contributed by atoms with Crippen molar-refractivity contribution in [1.82, 2.24) is 14.7 Å². The van der Waals surface area contributed by atoms with Crippen LogP contribution >= 0.6 is 27.7 Å². The van der Waals surface area contributed by atoms with Gasteiger partial charge in [0.05, 0.1) is 29.0 Å². The van der Waals surface area contributed by atoms with Crippen molar-refractivity contribution in [2.24, 2.45) is 0 Å². The first-order valence-corrected chi connectivity index (χ1v) is 8.28. The molecule has 0 saturated heterocycles. The van der Waals surface area contributed by atoms with Crippen LogP contribution in [-0.4, -0.2) is 52.4 Å². The number of nitrogens with zero attached hydrogens (tertiary/aromatic N) is 3. The molecule has 0 aromatic carbocycles. The quantitative estimate of drug-likeness (QED) is 0.740. The van der Waals surface area contributed by atoms with Crippen molar-refractivity contribution in [2.45, 2.75) is 25.5 Å². The van der Waals surface area contributed by atoms with Gasteiger partial charge >= 0.3 is 0 Å². The van der Waals surface area contributed by atoms with Crippen LogP contribution < -0.4 is 0 Å². The van der Waals surface area contributed by atoms with Gasteiger partial charge in [0.25, 0.3) is 0 Å². The summed E-state index contributed by atoms with van der Waals surface area (Å²) in [5.41, 5.74) is 0.901. The molecule has 0 aliphatic heterocycles. The van der Waals surface area contributed by atoms with Gasteiger partial charge in [-0.25, -0.2) is 0 Å². The molecule has 0 fully saturated rings. The van der Waals surface area contributed by atoms with E-state index in [9.17, 15) is 5.11 Å². The fraction of sp³-hybridized carbons (Fsp3) is 0.750. The first-order chi connectivity index (χ1) is 8.56. The molecule has 4 nitrogen and oxygen atoms in total. The van der Waals surface area contributed by atoms with Crippen LogP contribution in [0.2, 0.25) is 0 Å². The summed E-state index contributed by atoms with van der Waals surface area (Å²) < 4.78 is 2.80. The van der Waals surface area contributed by atoms with Crippen LogP contribution in [0, 0.1) is 0 Å². The molecule has 1 heterocycles. The zero-order chi connectivity index (χ0) is 13.5. The minimum Gasteiger partial charge on any atom is -0.387 e. The number of thioether (sulfide) groups is 1. The fourth-order valence-electron chi connectivity index (χ4n) is 1.73. The summed E-state index contributed by atoms with van der Waals surface area (Å²) in [5, 5.41) is 14.6. The summed E-state index contributed by atoms with van der Waals surface area (Å²) >= 11 is 5.28. The Kier molecular flexibility index (Phi) is 7.29. The number of hydrogen-bond donors (Lipinski definition) is 1. The van der Waals surface area contributed by atoms with E-state index < -0.39 is 6.10 Å². The van der Waals surface area contributed by atoms with Gasteiger partial charge in [-0.15, -0.1) is 0 Å². The molecule has 0 bridgehead atoms. The van der Waals surface area contributed by atoms with Crippen molar-refractivity contribution in [3.63, 3.8) is 0 Å². The number of hydrogen-bond acceptors (Lipinski definition) is 4. The molecule has 0 spiro atoms. The number of aliphatic hydroxyl groups excluding tert-OH is 1. The Bertz CT molecular complexity index is 357. The minimum absolute atomic E-state index is 0.434. The highest BCUT2D eigenvalue weighted by Gasteiger charge is 2.17. The zero-order valence-corrected chi connectivity index (χ0v) is 13.7. The Morgan fingerprint density at radius 2 is 2.28 bits per heavy atom. The van der Waals surface area contributed by atoms with E-state index in [1.54, 1.807) is 6.20 Å². The molecule has 1 aromatic heterocycles. The number of rotatable bonds is 8. The van der Waals surface area contributed by atoms with Gasteiger partial charge in [0.2, 0.25) is 0 Å². The third-order valence-corrected chi connectivity index (χ3v) is 4.04. The van der Waals surface area contributed by atoms with Crippen molar-refractivity contribution in [3.8, 4) is 0 Å². The molecule has 104 valence electrons. The Morgan fingerprint density at radius 1 is 1.56 bits per heavy atom. The first-order valence-electron chi connectivity index (χ1n) is 6.09. The van der Waals surface area contributed by atoms with Crippen LogP contribution in [0.5, 0.6) is 0 Å². The van der Waals surface area contributed by atoms with Crippen molar-refractivity contribution in [3.05, 3.63) is 16.4 Å². The van der Waals surface area contributed by atoms with E-state index >= 15 is 0 Å². The molecule has 1 aromatic rings. The molecular weight excluding hydrogens is 314 g/mol. The van der Waals surface area contributed by atoms with Gasteiger partial charge in [0.15, 0.2) is 0 Å². The maximum Gasteiger partial charge on any atom is 0.0968 e. The Labute approximate surface area is 122 Å². The summed E-state index contributed by atoms with van der Waals surface area (Å²) in [7, 11) is 4.07. The molecule has 18 heavy (non-hydrogen) atoms. The van der Waals surface area contributed by atoms with Gasteiger partial charge in [-0.1, -0.05) is 0 Å². The molecule has 1 unspecified atom stereocenters. The summed E-state index contributed by atoms with van der Waals surface area (Å²) in [6, 6.07) is 0. The average Bonchev–Trinajstić information content (AvgIpc) is 2.68. The lowest BCUT2D eigenvalue weighted by molar-refractivity contribution is 0.153. The van der Waals surface area contributed by atoms with Crippen LogP contribution in [0.1, 0.15) is 24.6 Å². The summed E-state index contributed by atoms with van der Waals surface area (Å²) in [6.07, 6.45) is 5.23. The fourth-order valence-corrected chi connectivity index (χ4v) is 2.75. The van der Waals surface area contributed by atoms with E-state index in [-0.39, 0.29) is 0 Å². The number of aromatic nitrogens is 2. The number of halogens is 1. The highest BCUT2D eigenvalue weighted by molar-refractivity contribution is 9.10. The molecular formula is C12H22BrN3OS. The van der Waals surface area contributed by atoms with Crippen LogP contribution in [0.15, 0.2) is 10.7 Å². The van der Waals surface area contributed by atoms with E-state index in [1.165, 1.54) is 0 Å². The van der Waals surface area contributed by atoms with E-state index in [4.69, 9.17) is 0 Å². The summed E-state index contributed by atoms with van der Waals surface area (Å²) in [5.74, 6) is 1.08. The van der Waals surface area contributed by atoms with Crippen molar-refractivity contribution < 1.29 is 5.11 Å². The van der Waals surface area contributed by atoms with Crippen molar-refractivity contribution in [1.29, 1.82) is 0 Å². The monoisotopic (exact) mass is 335 g/mol. The van der Waals surface area contributed by atoms with Gasteiger partial charge in [-0.3, -0.25) is 4.68 Å². The van der Waals surface area contributed by atoms with Crippen LogP contribution in [0.25, 0.3) is 0 Å². The maximum absolute atomic E-state index is 10.2. The number of likely N-dealkylation sites (N-methyl/N-ethyl adjacent to an activating group) is 1. The second kappa shape index (κ2) is 8.19. The standard InChI is InChI=1S/C12H22BrN3OS/c1-15(2)6-7-16-12(10(13)9-14-16)11(17)5-4-8-18-3/h9,11,17H,4-8H2,1-3H3. The molecule has 0 amide bonds. The average molecular weight is 336 g/mol. The van der Waals surface area contributed by atoms with E-state index in [0.29, 0.717) is 0 Å². The smallest absolute Gasteiger partial charge is 0.0968 e. The topological polar surface area (TPSA) is 41.3 Å². The van der Waals surface area contributed by atoms with Gasteiger partial charge in [0.1, 0.15) is 0 Å². The lowest BCUT2D eigenvalue weighted by Crippen LogP contribution is -2.21. The van der Waals surface area contributed by atoms with E-state index in [1.807, 2.05) is 30.5 Å². The SMILES string of the molecule is CSCCCC(O)c1c(Br)cnn1CCN(C)C. The zero-order valence-electron chi connectivity index (χ0n) is 11.3. The van der Waals surface area contributed by atoms with E-state index in [0.717, 1.165) is 41.9 Å². The molecule has 1 atom stereocenters. The Morgan fingerprint density at radius 3 is 2.89 bits per heavy atom. The lowest BCUT2D eigenvalue weighted by Gasteiger charge is -2.16. The van der Waals surface area contributed by atoms with Gasteiger partial charge < -0.3 is 10.0 Å². The number of aliphatic hydroxyl groups is 1. The van der Waals surface area contributed by atoms with E-state index in [2.05, 4.69) is 32.2 Å². The molecule has 1 rings (SSSR count). The molecule has 0 radical (unpaired) electrons. The van der Waals surface area contributed by atoms with Gasteiger partial charge in [-0.2, -0.15) is 16.9 Å². The van der Waals surface area contributed by atoms with Crippen molar-refractivity contribution in [2.75, 3.05) is 32.6 Å². The predicted molar refractivity (Wildman–Crippen MR) is 81.1 cm³/mol. The van der Waals surface area contributed by atoms with Crippen LogP contribution in [0.3, 0.4) is 0 Å². The summed E-state index contributed by atoms with van der Waals surface area (Å²) in [6.45, 7) is 1.71. The largest absolute Gasteiger partial charge is 0.387 e. The third kappa shape index (κ3) is 4.91. The molecule has 6 heteroatoms. The maximum atomic E-state index is 10.2. The van der Waals surface area contributed by atoms with Crippen LogP contribution in [0.4, 0.5) is 0 Å². The Balaban J connectivity index is 2.64. The third-order valence-electron chi connectivity index (χ3n) is 2.73. The second-order valence-corrected chi connectivity index (χ2v) is 6.39. The first kappa shape index (κ1) is 16.0. The molecule has 1 N–H and O–H groups in total. The van der Waals surface area contributed by atoms with Crippen molar-refractivity contribution >= 4 is 27.7 Å². The molecule has 0 aliphatic rings. The predicted octanol–water partition coefficient (Wildman–Crippen LogP) is 2.38. The van der Waals surface area contributed by atoms with Crippen LogP contribution in [-0.2, 0) is 6.54 Å². The minimum atomic E-state index is -0.434. The lowest BCUT2D eigenvalue weighted by atomic mass is 10.1. The van der Waals surface area contributed by atoms with Gasteiger partial charge in [0, 0.05) is 6.54 Å². The van der Waals surface area contributed by atoms with Gasteiger partial charge in [-0.05, 0) is 54.9 Å². The highest BCUT2D eigenvalue weighted by atomic mass is 79.9.